The summed E-state index contributed by atoms with van der Waals surface area (Å²) in [5.41, 5.74) is 5.47. The van der Waals surface area contributed by atoms with Gasteiger partial charge in [0.2, 0.25) is 0 Å². The van der Waals surface area contributed by atoms with E-state index in [0.29, 0.717) is 25.6 Å². The first-order chi connectivity index (χ1) is 7.12. The normalized spacial score (nSPS) is 28.5. The zero-order chi connectivity index (χ0) is 10.9. The number of nitrogens with two attached hydrogens (primary N) is 1. The monoisotopic (exact) mass is 233 g/mol. The van der Waals surface area contributed by atoms with Crippen molar-refractivity contribution in [2.24, 2.45) is 11.7 Å². The Morgan fingerprint density at radius 2 is 2.07 bits per heavy atom. The van der Waals surface area contributed by atoms with E-state index in [1.807, 2.05) is 0 Å². The van der Waals surface area contributed by atoms with Gasteiger partial charge in [-0.1, -0.05) is 0 Å². The lowest BCUT2D eigenvalue weighted by atomic mass is 10.1. The van der Waals surface area contributed by atoms with Crippen molar-refractivity contribution < 1.29 is 8.42 Å². The van der Waals surface area contributed by atoms with Gasteiger partial charge >= 0.3 is 0 Å². The number of nitrogens with one attached hydrogen (secondary N) is 1. The van der Waals surface area contributed by atoms with Crippen LogP contribution in [-0.2, 0) is 10.2 Å². The van der Waals surface area contributed by atoms with Crippen LogP contribution in [0.1, 0.15) is 25.7 Å². The second-order valence-corrected chi connectivity index (χ2v) is 6.19. The maximum atomic E-state index is 11.8. The predicted octanol–water partition coefficient (Wildman–Crippen LogP) is -0.346. The third-order valence-corrected chi connectivity index (χ3v) is 4.70. The van der Waals surface area contributed by atoms with E-state index >= 15 is 0 Å². The van der Waals surface area contributed by atoms with Crippen LogP contribution in [0.5, 0.6) is 0 Å². The zero-order valence-electron chi connectivity index (χ0n) is 8.85. The van der Waals surface area contributed by atoms with E-state index in [-0.39, 0.29) is 6.04 Å². The molecule has 15 heavy (non-hydrogen) atoms. The fourth-order valence-corrected chi connectivity index (χ4v) is 3.53. The summed E-state index contributed by atoms with van der Waals surface area (Å²) in [4.78, 5) is 0. The van der Waals surface area contributed by atoms with E-state index in [9.17, 15) is 8.42 Å². The van der Waals surface area contributed by atoms with Crippen LogP contribution < -0.4 is 10.5 Å². The summed E-state index contributed by atoms with van der Waals surface area (Å²) in [6.07, 6.45) is 3.84. The molecule has 2 rings (SSSR count). The van der Waals surface area contributed by atoms with Gasteiger partial charge < -0.3 is 5.73 Å². The highest BCUT2D eigenvalue weighted by Gasteiger charge is 2.34. The van der Waals surface area contributed by atoms with Crippen LogP contribution in [0, 0.1) is 5.92 Å². The van der Waals surface area contributed by atoms with Crippen LogP contribution in [0.15, 0.2) is 0 Å². The first-order valence-electron chi connectivity index (χ1n) is 5.59. The highest BCUT2D eigenvalue weighted by molar-refractivity contribution is 7.87. The van der Waals surface area contributed by atoms with E-state index in [2.05, 4.69) is 4.72 Å². The lowest BCUT2D eigenvalue weighted by Crippen LogP contribution is -2.40. The maximum Gasteiger partial charge on any atom is 0.279 e. The van der Waals surface area contributed by atoms with Crippen molar-refractivity contribution in [2.45, 2.75) is 31.7 Å². The van der Waals surface area contributed by atoms with E-state index in [4.69, 9.17) is 5.73 Å². The molecule has 0 aromatic carbocycles. The van der Waals surface area contributed by atoms with Gasteiger partial charge in [-0.15, -0.1) is 0 Å². The van der Waals surface area contributed by atoms with Crippen molar-refractivity contribution >= 4 is 10.2 Å². The molecule has 0 aromatic rings. The highest BCUT2D eigenvalue weighted by atomic mass is 32.2. The fourth-order valence-electron chi connectivity index (χ4n) is 1.97. The van der Waals surface area contributed by atoms with E-state index < -0.39 is 10.2 Å². The average Bonchev–Trinajstić information content (AvgIpc) is 2.82. The van der Waals surface area contributed by atoms with E-state index in [1.165, 1.54) is 0 Å². The summed E-state index contributed by atoms with van der Waals surface area (Å²) in [7, 11) is -3.21. The van der Waals surface area contributed by atoms with Crippen molar-refractivity contribution in [1.82, 2.24) is 9.03 Å². The molecule has 0 bridgehead atoms. The molecule has 0 radical (unpaired) electrons. The van der Waals surface area contributed by atoms with Crippen LogP contribution in [0.2, 0.25) is 0 Å². The highest BCUT2D eigenvalue weighted by Crippen LogP contribution is 2.24. The van der Waals surface area contributed by atoms with Crippen molar-refractivity contribution in [3.8, 4) is 0 Å². The number of hydrogen-bond donors (Lipinski definition) is 2. The SMILES string of the molecule is NCCC1CCN(S(=O)(=O)NC2CC2)C1. The molecule has 3 N–H and O–H groups in total. The third kappa shape index (κ3) is 2.90. The molecule has 1 saturated heterocycles. The maximum absolute atomic E-state index is 11.8. The molecule has 88 valence electrons. The Morgan fingerprint density at radius 3 is 2.67 bits per heavy atom. The average molecular weight is 233 g/mol. The van der Waals surface area contributed by atoms with Gasteiger partial charge in [0.1, 0.15) is 0 Å². The molecule has 1 heterocycles. The summed E-state index contributed by atoms with van der Waals surface area (Å²) < 4.78 is 27.9. The van der Waals surface area contributed by atoms with Gasteiger partial charge in [0, 0.05) is 19.1 Å². The summed E-state index contributed by atoms with van der Waals surface area (Å²) in [5, 5.41) is 0. The van der Waals surface area contributed by atoms with Gasteiger partial charge in [-0.25, -0.2) is 0 Å². The Bertz CT molecular complexity index is 313. The molecule has 6 heteroatoms. The molecule has 2 aliphatic rings. The molecule has 0 spiro atoms. The molecular weight excluding hydrogens is 214 g/mol. The summed E-state index contributed by atoms with van der Waals surface area (Å²) in [5.74, 6) is 0.450. The molecule has 1 aliphatic heterocycles. The Morgan fingerprint density at radius 1 is 1.33 bits per heavy atom. The number of rotatable bonds is 5. The molecule has 5 nitrogen and oxygen atoms in total. The molecule has 1 saturated carbocycles. The Kier molecular flexibility index (Phi) is 3.30. The lowest BCUT2D eigenvalue weighted by Gasteiger charge is -2.16. The minimum atomic E-state index is -3.21. The summed E-state index contributed by atoms with van der Waals surface area (Å²) >= 11 is 0. The third-order valence-electron chi connectivity index (χ3n) is 3.06. The van der Waals surface area contributed by atoms with Crippen LogP contribution in [-0.4, -0.2) is 38.4 Å². The number of hydrogen-bond acceptors (Lipinski definition) is 3. The summed E-state index contributed by atoms with van der Waals surface area (Å²) in [6.45, 7) is 1.93. The minimum absolute atomic E-state index is 0.198. The van der Waals surface area contributed by atoms with Crippen LogP contribution >= 0.6 is 0 Å². The molecule has 1 unspecified atom stereocenters. The molecule has 1 aliphatic carbocycles. The zero-order valence-corrected chi connectivity index (χ0v) is 9.67. The van der Waals surface area contributed by atoms with Gasteiger partial charge in [0.05, 0.1) is 0 Å². The predicted molar refractivity (Wildman–Crippen MR) is 58.4 cm³/mol. The Balaban J connectivity index is 1.88. The Labute approximate surface area is 91.2 Å². The second-order valence-electron chi connectivity index (χ2n) is 4.49. The van der Waals surface area contributed by atoms with E-state index in [1.54, 1.807) is 4.31 Å². The topological polar surface area (TPSA) is 75.4 Å². The van der Waals surface area contributed by atoms with Crippen LogP contribution in [0.3, 0.4) is 0 Å². The lowest BCUT2D eigenvalue weighted by molar-refractivity contribution is 0.439. The van der Waals surface area contributed by atoms with Crippen molar-refractivity contribution in [3.63, 3.8) is 0 Å². The molecule has 0 amide bonds. The van der Waals surface area contributed by atoms with Gasteiger partial charge in [0.15, 0.2) is 0 Å². The fraction of sp³-hybridized carbons (Fsp3) is 1.00. The van der Waals surface area contributed by atoms with Crippen LogP contribution in [0.4, 0.5) is 0 Å². The van der Waals surface area contributed by atoms with Gasteiger partial charge in [-0.2, -0.15) is 17.4 Å². The summed E-state index contributed by atoms with van der Waals surface area (Å²) in [6, 6.07) is 0.198. The standard InChI is InChI=1S/C9H19N3O2S/c10-5-3-8-4-6-12(7-8)15(13,14)11-9-1-2-9/h8-9,11H,1-7,10H2. The first-order valence-corrected chi connectivity index (χ1v) is 7.03. The van der Waals surface area contributed by atoms with E-state index in [0.717, 1.165) is 25.7 Å². The van der Waals surface area contributed by atoms with Gasteiger partial charge in [-0.05, 0) is 38.1 Å². The number of nitrogens with zero attached hydrogens (tertiary/aromatic N) is 1. The largest absolute Gasteiger partial charge is 0.330 e. The Hall–Kier alpha value is -0.170. The molecular formula is C9H19N3O2S. The second kappa shape index (κ2) is 4.37. The van der Waals surface area contributed by atoms with Crippen LogP contribution in [0.25, 0.3) is 0 Å². The van der Waals surface area contributed by atoms with Crippen molar-refractivity contribution in [1.29, 1.82) is 0 Å². The first kappa shape index (κ1) is 11.3. The molecule has 2 fully saturated rings. The van der Waals surface area contributed by atoms with Gasteiger partial charge in [-0.3, -0.25) is 0 Å². The smallest absolute Gasteiger partial charge is 0.279 e. The molecule has 0 aromatic heterocycles. The molecule has 1 atom stereocenters. The van der Waals surface area contributed by atoms with Crippen molar-refractivity contribution in [3.05, 3.63) is 0 Å². The minimum Gasteiger partial charge on any atom is -0.330 e. The van der Waals surface area contributed by atoms with Gasteiger partial charge in [0.25, 0.3) is 10.2 Å². The van der Waals surface area contributed by atoms with Crippen molar-refractivity contribution in [2.75, 3.05) is 19.6 Å². The quantitative estimate of drug-likeness (QED) is 0.682.